The second-order valence-electron chi connectivity index (χ2n) is 5.47. The fourth-order valence-electron chi connectivity index (χ4n) is 1.62. The quantitative estimate of drug-likeness (QED) is 0.798. The van der Waals surface area contributed by atoms with Gasteiger partial charge in [-0.3, -0.25) is 0 Å². The molecule has 0 amide bonds. The largest absolute Gasteiger partial charge is 0.492 e. The zero-order chi connectivity index (χ0) is 13.8. The number of hydrogen-bond acceptors (Lipinski definition) is 2. The Hall–Kier alpha value is -0.0600. The lowest BCUT2D eigenvalue weighted by Crippen LogP contribution is -2.26. The van der Waals surface area contributed by atoms with Crippen molar-refractivity contribution < 1.29 is 4.74 Å². The molecule has 1 N–H and O–H groups in total. The number of benzene rings is 1. The van der Waals surface area contributed by atoms with Gasteiger partial charge in [-0.1, -0.05) is 36.7 Å². The molecule has 2 nitrogen and oxygen atoms in total. The van der Waals surface area contributed by atoms with Gasteiger partial charge in [-0.05, 0) is 40.4 Å². The van der Waals surface area contributed by atoms with Gasteiger partial charge in [-0.15, -0.1) is 0 Å². The molecule has 0 heterocycles. The first-order chi connectivity index (χ1) is 8.33. The normalized spacial score (nSPS) is 11.7. The Morgan fingerprint density at radius 1 is 1.22 bits per heavy atom. The predicted molar refractivity (Wildman–Crippen MR) is 84.2 cm³/mol. The van der Waals surface area contributed by atoms with Crippen LogP contribution in [0.1, 0.15) is 33.3 Å². The fourth-order valence-corrected chi connectivity index (χ4v) is 3.05. The summed E-state index contributed by atoms with van der Waals surface area (Å²) in [4.78, 5) is 0. The van der Waals surface area contributed by atoms with Gasteiger partial charge in [0.15, 0.2) is 0 Å². The van der Waals surface area contributed by atoms with E-state index in [-0.39, 0.29) is 5.41 Å². The molecule has 0 aliphatic rings. The minimum atomic E-state index is 0.287. The van der Waals surface area contributed by atoms with Gasteiger partial charge in [-0.2, -0.15) is 0 Å². The molecule has 0 aliphatic carbocycles. The average molecular weight is 379 g/mol. The maximum atomic E-state index is 5.70. The second-order valence-corrected chi connectivity index (χ2v) is 7.24. The fraction of sp³-hybridized carbons (Fsp3) is 0.571. The van der Waals surface area contributed by atoms with Crippen molar-refractivity contribution in [1.29, 1.82) is 0 Å². The molecule has 1 rings (SSSR count). The van der Waals surface area contributed by atoms with Crippen LogP contribution in [0.5, 0.6) is 5.75 Å². The number of nitrogens with one attached hydrogen (secondary N) is 1. The molecule has 0 spiro atoms. The van der Waals surface area contributed by atoms with E-state index in [1.54, 1.807) is 0 Å². The van der Waals surface area contributed by atoms with Crippen LogP contribution in [0, 0.1) is 5.41 Å². The lowest BCUT2D eigenvalue weighted by atomic mass is 9.97. The summed E-state index contributed by atoms with van der Waals surface area (Å²) in [7, 11) is 0. The summed E-state index contributed by atoms with van der Waals surface area (Å²) in [5.41, 5.74) is 1.46. The molecule has 0 fully saturated rings. The van der Waals surface area contributed by atoms with Crippen molar-refractivity contribution in [2.75, 3.05) is 13.2 Å². The third-order valence-electron chi connectivity index (χ3n) is 2.34. The summed E-state index contributed by atoms with van der Waals surface area (Å²) in [5.74, 6) is 0.933. The maximum absolute atomic E-state index is 5.70. The number of hydrogen-bond donors (Lipinski definition) is 1. The summed E-state index contributed by atoms with van der Waals surface area (Å²) in [6.45, 7) is 11.1. The average Bonchev–Trinajstić information content (AvgIpc) is 2.21. The first-order valence-corrected chi connectivity index (χ1v) is 7.73. The van der Waals surface area contributed by atoms with Crippen LogP contribution >= 0.6 is 31.9 Å². The molecule has 0 saturated heterocycles. The monoisotopic (exact) mass is 377 g/mol. The molecule has 1 aromatic rings. The lowest BCUT2D eigenvalue weighted by Gasteiger charge is -2.20. The van der Waals surface area contributed by atoms with Crippen LogP contribution in [0.15, 0.2) is 21.1 Å². The van der Waals surface area contributed by atoms with Gasteiger partial charge in [0, 0.05) is 23.1 Å². The Balaban J connectivity index is 2.79. The van der Waals surface area contributed by atoms with E-state index in [2.05, 4.69) is 64.0 Å². The number of rotatable bonds is 5. The van der Waals surface area contributed by atoms with Gasteiger partial charge < -0.3 is 10.1 Å². The summed E-state index contributed by atoms with van der Waals surface area (Å²) in [5, 5.41) is 3.47. The highest BCUT2D eigenvalue weighted by Gasteiger charge is 2.12. The van der Waals surface area contributed by atoms with E-state index >= 15 is 0 Å². The highest BCUT2D eigenvalue weighted by molar-refractivity contribution is 9.11. The molecule has 4 heteroatoms. The molecule has 0 radical (unpaired) electrons. The highest BCUT2D eigenvalue weighted by atomic mass is 79.9. The van der Waals surface area contributed by atoms with Crippen molar-refractivity contribution in [3.8, 4) is 5.75 Å². The van der Waals surface area contributed by atoms with Crippen LogP contribution in [0.4, 0.5) is 0 Å². The van der Waals surface area contributed by atoms with E-state index in [4.69, 9.17) is 4.74 Å². The Bertz CT molecular complexity index is 400. The molecule has 0 aliphatic heterocycles. The smallest absolute Gasteiger partial charge is 0.138 e. The van der Waals surface area contributed by atoms with Crippen molar-refractivity contribution in [2.45, 2.75) is 34.2 Å². The zero-order valence-corrected chi connectivity index (χ0v) is 14.6. The molecule has 1 aromatic carbocycles. The molecule has 0 saturated carbocycles. The third kappa shape index (κ3) is 5.29. The standard InChI is InChI=1S/C14H21Br2NO/c1-5-18-13-10(6-11(15)7-12(13)16)8-17-9-14(2,3)4/h6-7,17H,5,8-9H2,1-4H3. The lowest BCUT2D eigenvalue weighted by molar-refractivity contribution is 0.330. The summed E-state index contributed by atoms with van der Waals surface area (Å²) in [6, 6.07) is 4.11. The molecule has 0 unspecified atom stereocenters. The van der Waals surface area contributed by atoms with E-state index in [1.165, 1.54) is 5.56 Å². The van der Waals surface area contributed by atoms with Crippen molar-refractivity contribution in [3.63, 3.8) is 0 Å². The number of ether oxygens (including phenoxy) is 1. The van der Waals surface area contributed by atoms with E-state index in [1.807, 2.05) is 13.0 Å². The van der Waals surface area contributed by atoms with Crippen LogP contribution in [0.2, 0.25) is 0 Å². The van der Waals surface area contributed by atoms with Gasteiger partial charge in [0.2, 0.25) is 0 Å². The molecular weight excluding hydrogens is 358 g/mol. The van der Waals surface area contributed by atoms with Gasteiger partial charge >= 0.3 is 0 Å². The summed E-state index contributed by atoms with van der Waals surface area (Å²) < 4.78 is 7.75. The van der Waals surface area contributed by atoms with Crippen molar-refractivity contribution in [1.82, 2.24) is 5.32 Å². The Kier molecular flexibility index (Phi) is 6.15. The minimum Gasteiger partial charge on any atom is -0.492 e. The first kappa shape index (κ1) is 16.0. The summed E-state index contributed by atoms with van der Waals surface area (Å²) >= 11 is 7.06. The van der Waals surface area contributed by atoms with Crippen LogP contribution in [0.3, 0.4) is 0 Å². The minimum absolute atomic E-state index is 0.287. The molecule has 0 atom stereocenters. The zero-order valence-electron chi connectivity index (χ0n) is 11.4. The van der Waals surface area contributed by atoms with E-state index in [0.29, 0.717) is 6.61 Å². The van der Waals surface area contributed by atoms with Crippen molar-refractivity contribution >= 4 is 31.9 Å². The van der Waals surface area contributed by atoms with Crippen LogP contribution < -0.4 is 10.1 Å². The topological polar surface area (TPSA) is 21.3 Å². The Morgan fingerprint density at radius 3 is 2.44 bits per heavy atom. The molecular formula is C14H21Br2NO. The Labute approximate surface area is 127 Å². The third-order valence-corrected chi connectivity index (χ3v) is 3.39. The summed E-state index contributed by atoms with van der Waals surface area (Å²) in [6.07, 6.45) is 0. The SMILES string of the molecule is CCOc1c(Br)cc(Br)cc1CNCC(C)(C)C. The predicted octanol–water partition coefficient (Wildman–Crippen LogP) is 4.75. The second kappa shape index (κ2) is 6.92. The van der Waals surface area contributed by atoms with Gasteiger partial charge in [0.25, 0.3) is 0 Å². The van der Waals surface area contributed by atoms with E-state index < -0.39 is 0 Å². The molecule has 0 bridgehead atoms. The van der Waals surface area contributed by atoms with Crippen molar-refractivity contribution in [2.24, 2.45) is 5.41 Å². The Morgan fingerprint density at radius 2 is 1.89 bits per heavy atom. The highest BCUT2D eigenvalue weighted by Crippen LogP contribution is 2.33. The van der Waals surface area contributed by atoms with Gasteiger partial charge in [0.1, 0.15) is 5.75 Å². The van der Waals surface area contributed by atoms with Crippen molar-refractivity contribution in [3.05, 3.63) is 26.6 Å². The van der Waals surface area contributed by atoms with Crippen LogP contribution in [-0.4, -0.2) is 13.2 Å². The van der Waals surface area contributed by atoms with E-state index in [9.17, 15) is 0 Å². The van der Waals surface area contributed by atoms with E-state index in [0.717, 1.165) is 27.8 Å². The van der Waals surface area contributed by atoms with Crippen LogP contribution in [-0.2, 0) is 6.54 Å². The van der Waals surface area contributed by atoms with Crippen LogP contribution in [0.25, 0.3) is 0 Å². The number of halogens is 2. The molecule has 102 valence electrons. The maximum Gasteiger partial charge on any atom is 0.138 e. The van der Waals surface area contributed by atoms with Gasteiger partial charge in [-0.25, -0.2) is 0 Å². The molecule has 0 aromatic heterocycles. The first-order valence-electron chi connectivity index (χ1n) is 6.15. The van der Waals surface area contributed by atoms with Gasteiger partial charge in [0.05, 0.1) is 11.1 Å². The molecule has 18 heavy (non-hydrogen) atoms.